The zero-order valence-corrected chi connectivity index (χ0v) is 13.7. The summed E-state index contributed by atoms with van der Waals surface area (Å²) in [6.45, 7) is 1.13. The molecule has 0 bridgehead atoms. The first-order chi connectivity index (χ1) is 11.6. The number of nitrogens with one attached hydrogen (secondary N) is 1. The van der Waals surface area contributed by atoms with Crippen LogP contribution in [0, 0.1) is 0 Å². The van der Waals surface area contributed by atoms with Gasteiger partial charge in [-0.1, -0.05) is 18.2 Å². The van der Waals surface area contributed by atoms with Gasteiger partial charge in [0.05, 0.1) is 12.2 Å². The highest BCUT2D eigenvalue weighted by Gasteiger charge is 2.30. The van der Waals surface area contributed by atoms with Crippen LogP contribution in [0.2, 0.25) is 0 Å². The highest BCUT2D eigenvalue weighted by molar-refractivity contribution is 7.82. The maximum Gasteiger partial charge on any atom is 0.234 e. The van der Waals surface area contributed by atoms with Crippen LogP contribution < -0.4 is 5.32 Å². The van der Waals surface area contributed by atoms with Gasteiger partial charge in [0.1, 0.15) is 0 Å². The van der Waals surface area contributed by atoms with Crippen LogP contribution in [0.5, 0.6) is 0 Å². The second kappa shape index (κ2) is 5.99. The number of hydrogen-bond acceptors (Lipinski definition) is 4. The Hall–Kier alpha value is -2.25. The molecule has 124 valence electrons. The van der Waals surface area contributed by atoms with Crippen molar-refractivity contribution < 1.29 is 18.2 Å². The lowest BCUT2D eigenvalue weighted by atomic mass is 9.89. The van der Waals surface area contributed by atoms with E-state index in [4.69, 9.17) is 4.42 Å². The Kier molecular flexibility index (Phi) is 3.82. The second-order valence-electron chi connectivity index (χ2n) is 6.01. The van der Waals surface area contributed by atoms with Gasteiger partial charge in [-0.2, -0.15) is 0 Å². The van der Waals surface area contributed by atoms with Crippen LogP contribution in [0.15, 0.2) is 46.1 Å². The molecule has 0 spiro atoms. The summed E-state index contributed by atoms with van der Waals surface area (Å²) in [6.07, 6.45) is 2.41. The monoisotopic (exact) mass is 344 g/mol. The molecular weight excluding hydrogens is 328 g/mol. The van der Waals surface area contributed by atoms with E-state index in [1.807, 2.05) is 22.5 Å². The fraction of sp³-hybridized carbons (Fsp3) is 0.294. The first-order valence-electron chi connectivity index (χ1n) is 7.77. The lowest BCUT2D eigenvalue weighted by Gasteiger charge is -2.21. The normalized spacial score (nSPS) is 22.2. The number of amides is 2. The molecule has 0 radical (unpaired) electrons. The molecule has 1 fully saturated rings. The molecule has 7 heteroatoms. The zero-order chi connectivity index (χ0) is 16.7. The Labute approximate surface area is 141 Å². The molecule has 1 aromatic carbocycles. The smallest absolute Gasteiger partial charge is 0.234 e. The summed E-state index contributed by atoms with van der Waals surface area (Å²) >= 11 is 0. The first-order valence-corrected chi connectivity index (χ1v) is 8.88. The second-order valence-corrected chi connectivity index (χ2v) is 7.43. The molecule has 1 aromatic heterocycles. The van der Waals surface area contributed by atoms with Gasteiger partial charge >= 0.3 is 0 Å². The number of rotatable bonds is 3. The maximum atomic E-state index is 12.5. The number of hydrogen-bond donors (Lipinski definition) is 1. The van der Waals surface area contributed by atoms with Gasteiger partial charge in [-0.25, -0.2) is 8.51 Å². The van der Waals surface area contributed by atoms with E-state index in [9.17, 15) is 13.8 Å². The number of benzene rings is 1. The van der Waals surface area contributed by atoms with E-state index in [2.05, 4.69) is 5.32 Å². The van der Waals surface area contributed by atoms with Gasteiger partial charge in [0.2, 0.25) is 16.9 Å². The summed E-state index contributed by atoms with van der Waals surface area (Å²) in [4.78, 5) is 23.3. The van der Waals surface area contributed by atoms with Crippen molar-refractivity contribution in [3.63, 3.8) is 0 Å². The fourth-order valence-corrected chi connectivity index (χ4v) is 4.32. The van der Waals surface area contributed by atoms with Crippen LogP contribution >= 0.6 is 0 Å². The Balaban J connectivity index is 1.54. The quantitative estimate of drug-likeness (QED) is 0.862. The lowest BCUT2D eigenvalue weighted by Crippen LogP contribution is -2.39. The third kappa shape index (κ3) is 2.70. The number of furan rings is 1. The van der Waals surface area contributed by atoms with E-state index < -0.39 is 11.0 Å². The largest absolute Gasteiger partial charge is 0.454 e. The molecule has 4 rings (SSSR count). The molecule has 2 unspecified atom stereocenters. The van der Waals surface area contributed by atoms with Crippen molar-refractivity contribution >= 4 is 22.8 Å². The van der Waals surface area contributed by atoms with Gasteiger partial charge in [-0.15, -0.1) is 0 Å². The molecule has 2 aliphatic rings. The Morgan fingerprint density at radius 3 is 2.75 bits per heavy atom. The van der Waals surface area contributed by atoms with Crippen molar-refractivity contribution in [2.45, 2.75) is 36.9 Å². The molecule has 6 nitrogen and oxygen atoms in total. The van der Waals surface area contributed by atoms with E-state index in [0.29, 0.717) is 31.0 Å². The average molecular weight is 344 g/mol. The topological polar surface area (TPSA) is 79.6 Å². The molecular formula is C17H16N2O4S. The van der Waals surface area contributed by atoms with Gasteiger partial charge in [-0.05, 0) is 35.2 Å². The van der Waals surface area contributed by atoms with Crippen molar-refractivity contribution in [1.82, 2.24) is 9.62 Å². The molecule has 2 atom stereocenters. The third-order valence-corrected chi connectivity index (χ3v) is 5.77. The van der Waals surface area contributed by atoms with E-state index in [-0.39, 0.29) is 17.7 Å². The SMILES string of the molecule is O=C1CCC(c2ccc3c(c2)CN(S(=O)c2ccco2)C3)C(=O)N1. The first kappa shape index (κ1) is 15.3. The van der Waals surface area contributed by atoms with Crippen LogP contribution in [-0.4, -0.2) is 20.3 Å². The van der Waals surface area contributed by atoms with E-state index in [1.165, 1.54) is 6.26 Å². The summed E-state index contributed by atoms with van der Waals surface area (Å²) in [7, 11) is -1.33. The summed E-state index contributed by atoms with van der Waals surface area (Å²) < 4.78 is 19.5. The lowest BCUT2D eigenvalue weighted by molar-refractivity contribution is -0.134. The number of fused-ring (bicyclic) bond motifs is 1. The highest BCUT2D eigenvalue weighted by Crippen LogP contribution is 2.31. The minimum atomic E-state index is -1.33. The standard InChI is InChI=1S/C17H16N2O4S/c20-15-6-5-14(17(21)18-15)11-3-4-12-9-19(10-13(12)8-11)24(22)16-2-1-7-23-16/h1-4,7-8,14H,5-6,9-10H2,(H,18,20,21). The van der Waals surface area contributed by atoms with Crippen molar-refractivity contribution in [3.05, 3.63) is 53.3 Å². The van der Waals surface area contributed by atoms with Gasteiger partial charge in [0, 0.05) is 19.5 Å². The predicted octanol–water partition coefficient (Wildman–Crippen LogP) is 1.84. The van der Waals surface area contributed by atoms with Gasteiger partial charge in [-0.3, -0.25) is 14.9 Å². The van der Waals surface area contributed by atoms with Crippen molar-refractivity contribution in [2.75, 3.05) is 0 Å². The number of piperidine rings is 1. The van der Waals surface area contributed by atoms with Crippen LogP contribution in [0.3, 0.4) is 0 Å². The van der Waals surface area contributed by atoms with Crippen molar-refractivity contribution in [1.29, 1.82) is 0 Å². The molecule has 0 aliphatic carbocycles. The zero-order valence-electron chi connectivity index (χ0n) is 12.9. The van der Waals surface area contributed by atoms with Gasteiger partial charge < -0.3 is 4.42 Å². The van der Waals surface area contributed by atoms with Crippen molar-refractivity contribution in [3.8, 4) is 0 Å². The molecule has 2 aliphatic heterocycles. The minimum absolute atomic E-state index is 0.211. The van der Waals surface area contributed by atoms with Gasteiger partial charge in [0.25, 0.3) is 0 Å². The minimum Gasteiger partial charge on any atom is -0.454 e. The van der Waals surface area contributed by atoms with Crippen LogP contribution in [0.1, 0.15) is 35.4 Å². The highest BCUT2D eigenvalue weighted by atomic mass is 32.2. The summed E-state index contributed by atoms with van der Waals surface area (Å²) in [5, 5.41) is 2.83. The predicted molar refractivity (Wildman–Crippen MR) is 85.9 cm³/mol. The molecule has 3 heterocycles. The van der Waals surface area contributed by atoms with Crippen LogP contribution in [0.4, 0.5) is 0 Å². The molecule has 2 aromatic rings. The number of nitrogens with zero attached hydrogens (tertiary/aromatic N) is 1. The van der Waals surface area contributed by atoms with Crippen LogP contribution in [0.25, 0.3) is 0 Å². The van der Waals surface area contributed by atoms with E-state index >= 15 is 0 Å². The fourth-order valence-electron chi connectivity index (χ4n) is 3.22. The Morgan fingerprint density at radius 2 is 2.00 bits per heavy atom. The van der Waals surface area contributed by atoms with E-state index in [0.717, 1.165) is 16.7 Å². The Bertz CT molecular complexity index is 831. The number of carbonyl (C=O) groups excluding carboxylic acids is 2. The summed E-state index contributed by atoms with van der Waals surface area (Å²) in [5.41, 5.74) is 3.08. The summed E-state index contributed by atoms with van der Waals surface area (Å²) in [6, 6.07) is 9.33. The molecule has 1 N–H and O–H groups in total. The number of carbonyl (C=O) groups is 2. The number of imide groups is 1. The third-order valence-electron chi connectivity index (χ3n) is 4.47. The van der Waals surface area contributed by atoms with Crippen LogP contribution in [-0.2, 0) is 33.7 Å². The van der Waals surface area contributed by atoms with E-state index in [1.54, 1.807) is 12.1 Å². The molecule has 1 saturated heterocycles. The molecule has 24 heavy (non-hydrogen) atoms. The molecule has 2 amide bonds. The Morgan fingerprint density at radius 1 is 1.17 bits per heavy atom. The van der Waals surface area contributed by atoms with Crippen molar-refractivity contribution in [2.24, 2.45) is 0 Å². The average Bonchev–Trinajstić information content (AvgIpc) is 3.23. The maximum absolute atomic E-state index is 12.5. The summed E-state index contributed by atoms with van der Waals surface area (Å²) in [5.74, 6) is -0.740. The molecule has 0 saturated carbocycles. The van der Waals surface area contributed by atoms with Gasteiger partial charge in [0.15, 0.2) is 11.0 Å².